The summed E-state index contributed by atoms with van der Waals surface area (Å²) in [5.41, 5.74) is 1.44. The number of hydrogen-bond donors (Lipinski definition) is 1. The number of benzene rings is 2. The van der Waals surface area contributed by atoms with E-state index < -0.39 is 0 Å². The molecule has 22 heavy (non-hydrogen) atoms. The first-order valence-corrected chi connectivity index (χ1v) is 7.01. The molecule has 3 aromatic rings. The van der Waals surface area contributed by atoms with Gasteiger partial charge in [0.05, 0.1) is 12.1 Å². The van der Waals surface area contributed by atoms with Gasteiger partial charge in [-0.3, -0.25) is 0 Å². The van der Waals surface area contributed by atoms with Gasteiger partial charge in [-0.25, -0.2) is 8.78 Å². The molecule has 0 aliphatic rings. The molecule has 0 amide bonds. The Morgan fingerprint density at radius 2 is 1.59 bits per heavy atom. The first kappa shape index (κ1) is 14.5. The van der Waals surface area contributed by atoms with Crippen molar-refractivity contribution >= 4 is 0 Å². The van der Waals surface area contributed by atoms with Crippen LogP contribution < -0.4 is 5.32 Å². The van der Waals surface area contributed by atoms with E-state index in [1.54, 1.807) is 36.4 Å². The first-order chi connectivity index (χ1) is 10.7. The van der Waals surface area contributed by atoms with Gasteiger partial charge in [-0.1, -0.05) is 24.3 Å². The van der Waals surface area contributed by atoms with Crippen molar-refractivity contribution in [2.24, 2.45) is 0 Å². The quantitative estimate of drug-likeness (QED) is 0.749. The Bertz CT molecular complexity index is 750. The third-order valence-electron chi connectivity index (χ3n) is 3.34. The lowest BCUT2D eigenvalue weighted by Crippen LogP contribution is -2.11. The molecule has 1 heterocycles. The number of halogens is 2. The van der Waals surface area contributed by atoms with Crippen LogP contribution in [-0.4, -0.2) is 0 Å². The lowest BCUT2D eigenvalue weighted by atomic mass is 10.1. The lowest BCUT2D eigenvalue weighted by Gasteiger charge is -2.03. The van der Waals surface area contributed by atoms with E-state index in [1.807, 2.05) is 6.07 Å². The molecular weight excluding hydrogens is 284 g/mol. The second kappa shape index (κ2) is 6.54. The molecule has 0 fully saturated rings. The minimum atomic E-state index is -0.303. The molecule has 0 bridgehead atoms. The maximum Gasteiger partial charge on any atom is 0.137 e. The molecule has 1 N–H and O–H groups in total. The average molecular weight is 299 g/mol. The van der Waals surface area contributed by atoms with Gasteiger partial charge in [0, 0.05) is 6.54 Å². The minimum Gasteiger partial charge on any atom is -0.460 e. The maximum atomic E-state index is 13.7. The smallest absolute Gasteiger partial charge is 0.137 e. The molecule has 0 atom stereocenters. The molecular formula is C18H15F2NO. The fraction of sp³-hybridized carbons (Fsp3) is 0.111. The van der Waals surface area contributed by atoms with Gasteiger partial charge in [0.15, 0.2) is 0 Å². The predicted octanol–water partition coefficient (Wildman–Crippen LogP) is 4.51. The topological polar surface area (TPSA) is 25.2 Å². The van der Waals surface area contributed by atoms with Gasteiger partial charge in [-0.15, -0.1) is 0 Å². The Labute approximate surface area is 127 Å². The van der Waals surface area contributed by atoms with E-state index in [4.69, 9.17) is 4.42 Å². The van der Waals surface area contributed by atoms with E-state index in [0.717, 1.165) is 11.3 Å². The van der Waals surface area contributed by atoms with E-state index in [1.165, 1.54) is 18.2 Å². The van der Waals surface area contributed by atoms with E-state index in [9.17, 15) is 8.78 Å². The highest BCUT2D eigenvalue weighted by Gasteiger charge is 2.08. The van der Waals surface area contributed by atoms with Gasteiger partial charge < -0.3 is 9.73 Å². The van der Waals surface area contributed by atoms with Crippen molar-refractivity contribution in [2.45, 2.75) is 13.1 Å². The van der Waals surface area contributed by atoms with Crippen LogP contribution in [0.4, 0.5) is 8.78 Å². The van der Waals surface area contributed by atoms with Crippen molar-refractivity contribution in [2.75, 3.05) is 0 Å². The van der Waals surface area contributed by atoms with Gasteiger partial charge in [-0.2, -0.15) is 0 Å². The van der Waals surface area contributed by atoms with Crippen LogP contribution in [0.1, 0.15) is 11.3 Å². The summed E-state index contributed by atoms with van der Waals surface area (Å²) >= 11 is 0. The Hall–Kier alpha value is -2.46. The van der Waals surface area contributed by atoms with Crippen molar-refractivity contribution < 1.29 is 13.2 Å². The zero-order valence-electron chi connectivity index (χ0n) is 11.9. The molecule has 0 saturated heterocycles. The first-order valence-electron chi connectivity index (χ1n) is 7.01. The number of hydrogen-bond acceptors (Lipinski definition) is 2. The van der Waals surface area contributed by atoms with E-state index in [0.29, 0.717) is 24.4 Å². The van der Waals surface area contributed by atoms with E-state index in [-0.39, 0.29) is 11.6 Å². The molecule has 4 heteroatoms. The summed E-state index contributed by atoms with van der Waals surface area (Å²) in [7, 11) is 0. The normalized spacial score (nSPS) is 10.8. The summed E-state index contributed by atoms with van der Waals surface area (Å²) in [4.78, 5) is 0. The van der Waals surface area contributed by atoms with Crippen molar-refractivity contribution in [3.63, 3.8) is 0 Å². The highest BCUT2D eigenvalue weighted by Crippen LogP contribution is 2.24. The number of rotatable bonds is 5. The van der Waals surface area contributed by atoms with Crippen LogP contribution in [0.25, 0.3) is 11.3 Å². The molecule has 0 radical (unpaired) electrons. The summed E-state index contributed by atoms with van der Waals surface area (Å²) in [6.07, 6.45) is 0. The largest absolute Gasteiger partial charge is 0.460 e. The van der Waals surface area contributed by atoms with Crippen molar-refractivity contribution in [3.8, 4) is 11.3 Å². The zero-order valence-corrected chi connectivity index (χ0v) is 11.9. The summed E-state index contributed by atoms with van der Waals surface area (Å²) in [6, 6.07) is 16.4. The van der Waals surface area contributed by atoms with Gasteiger partial charge in [0.25, 0.3) is 0 Å². The fourth-order valence-corrected chi connectivity index (χ4v) is 2.21. The molecule has 1 aromatic heterocycles. The summed E-state index contributed by atoms with van der Waals surface area (Å²) in [5.74, 6) is 0.684. The van der Waals surface area contributed by atoms with Crippen LogP contribution in [0.5, 0.6) is 0 Å². The Morgan fingerprint density at radius 3 is 2.36 bits per heavy atom. The SMILES string of the molecule is Fc1ccc(CNCc2ccc(-c3ccccc3F)o2)cc1. The monoisotopic (exact) mass is 299 g/mol. The maximum absolute atomic E-state index is 13.7. The average Bonchev–Trinajstić information content (AvgIpc) is 2.98. The zero-order chi connectivity index (χ0) is 15.4. The summed E-state index contributed by atoms with van der Waals surface area (Å²) in [5, 5.41) is 3.21. The fourth-order valence-electron chi connectivity index (χ4n) is 2.21. The van der Waals surface area contributed by atoms with Crippen LogP contribution in [0.15, 0.2) is 65.1 Å². The standard InChI is InChI=1S/C18H15F2NO/c19-14-7-5-13(6-8-14)11-21-12-15-9-10-18(22-15)16-3-1-2-4-17(16)20/h1-10,21H,11-12H2. The number of furan rings is 1. The van der Waals surface area contributed by atoms with Crippen LogP contribution in [0.2, 0.25) is 0 Å². The van der Waals surface area contributed by atoms with Crippen LogP contribution in [-0.2, 0) is 13.1 Å². The van der Waals surface area contributed by atoms with Gasteiger partial charge in [0.1, 0.15) is 23.2 Å². The lowest BCUT2D eigenvalue weighted by molar-refractivity contribution is 0.490. The molecule has 0 aliphatic carbocycles. The molecule has 3 rings (SSSR count). The third kappa shape index (κ3) is 3.40. The van der Waals surface area contributed by atoms with E-state index >= 15 is 0 Å². The van der Waals surface area contributed by atoms with Gasteiger partial charge in [-0.05, 0) is 42.0 Å². The Kier molecular flexibility index (Phi) is 4.30. The molecule has 0 spiro atoms. The molecule has 0 aliphatic heterocycles. The predicted molar refractivity (Wildman–Crippen MR) is 81.0 cm³/mol. The molecule has 0 saturated carbocycles. The van der Waals surface area contributed by atoms with Crippen LogP contribution in [0, 0.1) is 11.6 Å². The second-order valence-electron chi connectivity index (χ2n) is 4.98. The van der Waals surface area contributed by atoms with Crippen LogP contribution in [0.3, 0.4) is 0 Å². The van der Waals surface area contributed by atoms with Crippen LogP contribution >= 0.6 is 0 Å². The van der Waals surface area contributed by atoms with E-state index in [2.05, 4.69) is 5.32 Å². The Balaban J connectivity index is 1.60. The van der Waals surface area contributed by atoms with Gasteiger partial charge in [0.2, 0.25) is 0 Å². The molecule has 2 nitrogen and oxygen atoms in total. The Morgan fingerprint density at radius 1 is 0.818 bits per heavy atom. The minimum absolute atomic E-state index is 0.246. The molecule has 0 unspecified atom stereocenters. The summed E-state index contributed by atoms with van der Waals surface area (Å²) in [6.45, 7) is 1.13. The third-order valence-corrected chi connectivity index (χ3v) is 3.34. The highest BCUT2D eigenvalue weighted by atomic mass is 19.1. The second-order valence-corrected chi connectivity index (χ2v) is 4.98. The highest BCUT2D eigenvalue weighted by molar-refractivity contribution is 5.58. The van der Waals surface area contributed by atoms with Gasteiger partial charge >= 0.3 is 0 Å². The summed E-state index contributed by atoms with van der Waals surface area (Å²) < 4.78 is 32.1. The number of nitrogens with one attached hydrogen (secondary N) is 1. The molecule has 112 valence electrons. The van der Waals surface area contributed by atoms with Crippen molar-refractivity contribution in [3.05, 3.63) is 83.6 Å². The van der Waals surface area contributed by atoms with Crippen molar-refractivity contribution in [1.29, 1.82) is 0 Å². The molecule has 2 aromatic carbocycles. The van der Waals surface area contributed by atoms with Crippen molar-refractivity contribution in [1.82, 2.24) is 5.32 Å².